The zero-order valence-electron chi connectivity index (χ0n) is 4.55. The average Bonchev–Trinajstić information content (AvgIpc) is 1.41. The van der Waals surface area contributed by atoms with Gasteiger partial charge in [0.15, 0.2) is 0 Å². The fraction of sp³-hybridized carbons (Fsp3) is 0. The predicted molar refractivity (Wildman–Crippen MR) is 18.5 cm³/mol. The summed E-state index contributed by atoms with van der Waals surface area (Å²) in [6.45, 7) is 0. The Morgan fingerprint density at radius 1 is 1.83 bits per heavy atom. The van der Waals surface area contributed by atoms with E-state index in [0.29, 0.717) is 6.26 Å². The molecule has 0 aliphatic rings. The molecule has 0 spiro atoms. The summed E-state index contributed by atoms with van der Waals surface area (Å²) in [5.41, 5.74) is 0. The van der Waals surface area contributed by atoms with Gasteiger partial charge in [-0.1, -0.05) is 0 Å². The van der Waals surface area contributed by atoms with Crippen LogP contribution in [0.15, 0.2) is 12.3 Å². The van der Waals surface area contributed by atoms with Crippen molar-refractivity contribution in [1.29, 1.82) is 5.26 Å². The van der Waals surface area contributed by atoms with Crippen molar-refractivity contribution < 1.29 is 36.1 Å². The smallest absolute Gasteiger partial charge is 1.00 e. The Labute approximate surface area is 59.9 Å². The van der Waals surface area contributed by atoms with E-state index in [1.54, 1.807) is 6.07 Å². The first kappa shape index (κ1) is 9.39. The molecule has 0 aliphatic heterocycles. The maximum absolute atomic E-state index is 7.66. The van der Waals surface area contributed by atoms with E-state index in [0.717, 1.165) is 6.08 Å². The van der Waals surface area contributed by atoms with Crippen molar-refractivity contribution in [1.82, 2.24) is 0 Å². The Balaban J connectivity index is -0.0000000800. The maximum atomic E-state index is 7.66. The Morgan fingerprint density at radius 3 is 2.33 bits per heavy atom. The minimum atomic E-state index is 0. The van der Waals surface area contributed by atoms with Crippen molar-refractivity contribution in [2.24, 2.45) is 0 Å². The van der Waals surface area contributed by atoms with Crippen molar-refractivity contribution in [2.45, 2.75) is 0 Å². The van der Waals surface area contributed by atoms with Gasteiger partial charge in [0.05, 0.1) is 18.4 Å². The van der Waals surface area contributed by atoms with Crippen LogP contribution in [0.4, 0.5) is 0 Å². The molecule has 0 aromatic rings. The zero-order valence-corrected chi connectivity index (χ0v) is 5.55. The van der Waals surface area contributed by atoms with Crippen LogP contribution in [0.1, 0.15) is 1.43 Å². The molecule has 0 aromatic heterocycles. The van der Waals surface area contributed by atoms with E-state index >= 15 is 0 Å². The summed E-state index contributed by atoms with van der Waals surface area (Å²) in [7, 11) is 0. The van der Waals surface area contributed by atoms with E-state index in [4.69, 9.17) is 10.4 Å². The quantitative estimate of drug-likeness (QED) is 0.208. The third kappa shape index (κ3) is 8.98. The van der Waals surface area contributed by atoms with Gasteiger partial charge in [-0.2, -0.15) is 5.26 Å². The summed E-state index contributed by atoms with van der Waals surface area (Å²) < 4.78 is 0. The minimum Gasteiger partial charge on any atom is -1.00 e. The van der Waals surface area contributed by atoms with Crippen LogP contribution < -0.4 is 29.6 Å². The Morgan fingerprint density at radius 2 is 2.33 bits per heavy atom. The largest absolute Gasteiger partial charge is 1.00 e. The van der Waals surface area contributed by atoms with Gasteiger partial charge >= 0.3 is 29.6 Å². The van der Waals surface area contributed by atoms with E-state index in [-0.39, 0.29) is 31.0 Å². The Kier molecular flexibility index (Phi) is 13.9. The van der Waals surface area contributed by atoms with Crippen molar-refractivity contribution in [3.8, 4) is 6.07 Å². The summed E-state index contributed by atoms with van der Waals surface area (Å²) in [6, 6.07) is 1.59. The van der Waals surface area contributed by atoms with E-state index in [1.165, 1.54) is 0 Å². The normalized spacial score (nSPS) is 6.50. The van der Waals surface area contributed by atoms with Gasteiger partial charge < -0.3 is 6.53 Å². The molecule has 0 bridgehead atoms. The van der Waals surface area contributed by atoms with Crippen molar-refractivity contribution in [3.63, 3.8) is 0 Å². The zero-order chi connectivity index (χ0) is 4.12. The summed E-state index contributed by atoms with van der Waals surface area (Å²) >= 11 is 0. The van der Waals surface area contributed by atoms with Crippen LogP contribution in [-0.4, -0.2) is 5.11 Å². The van der Waals surface area contributed by atoms with Crippen LogP contribution in [0.3, 0.4) is 0 Å². The number of hydrogen-bond donors (Lipinski definition) is 1. The summed E-state index contributed by atoms with van der Waals surface area (Å²) in [4.78, 5) is 0. The van der Waals surface area contributed by atoms with Crippen LogP contribution in [-0.2, 0) is 0 Å². The van der Waals surface area contributed by atoms with Crippen LogP contribution in [0.2, 0.25) is 0 Å². The molecule has 0 saturated heterocycles. The molecule has 0 radical (unpaired) electrons. The average molecular weight is 93.1 g/mol. The number of aliphatic hydroxyl groups is 1. The third-order valence-electron chi connectivity index (χ3n) is 0.149. The Bertz CT molecular complexity index is 77.5. The molecule has 6 heavy (non-hydrogen) atoms. The molecule has 28 valence electrons. The fourth-order valence-electron chi connectivity index (χ4n) is 0.0333. The standard InChI is InChI=1S/C3H3NO.Na.H/c4-2-1-3-5;;/h1,3,5H;;/q;+1;-1. The molecule has 0 unspecified atom stereocenters. The van der Waals surface area contributed by atoms with Gasteiger partial charge in [-0.15, -0.1) is 0 Å². The summed E-state index contributed by atoms with van der Waals surface area (Å²) in [5, 5.41) is 15.2. The van der Waals surface area contributed by atoms with Crippen molar-refractivity contribution in [2.75, 3.05) is 0 Å². The monoisotopic (exact) mass is 93.0 g/mol. The predicted octanol–water partition coefficient (Wildman–Crippen LogP) is -2.30. The molecular formula is C3H4NNaO. The van der Waals surface area contributed by atoms with Gasteiger partial charge in [-0.3, -0.25) is 0 Å². The molecule has 0 aromatic carbocycles. The molecule has 0 fully saturated rings. The van der Waals surface area contributed by atoms with Crippen molar-refractivity contribution >= 4 is 0 Å². The van der Waals surface area contributed by atoms with E-state index in [9.17, 15) is 0 Å². The van der Waals surface area contributed by atoms with Gasteiger partial charge in [0.25, 0.3) is 0 Å². The molecule has 0 amide bonds. The molecule has 0 saturated carbocycles. The van der Waals surface area contributed by atoms with E-state index < -0.39 is 0 Å². The summed E-state index contributed by atoms with van der Waals surface area (Å²) in [5.74, 6) is 0. The first-order valence-electron chi connectivity index (χ1n) is 1.10. The topological polar surface area (TPSA) is 44.0 Å². The van der Waals surface area contributed by atoms with E-state index in [1.807, 2.05) is 0 Å². The molecular weight excluding hydrogens is 89.0 g/mol. The SMILES string of the molecule is N#CC=CO.[H-].[Na+]. The van der Waals surface area contributed by atoms with Crippen LogP contribution >= 0.6 is 0 Å². The van der Waals surface area contributed by atoms with Gasteiger partial charge in [0.1, 0.15) is 0 Å². The fourth-order valence-corrected chi connectivity index (χ4v) is 0.0333. The summed E-state index contributed by atoms with van der Waals surface area (Å²) in [6.07, 6.45) is 1.68. The first-order valence-corrected chi connectivity index (χ1v) is 1.10. The van der Waals surface area contributed by atoms with Crippen LogP contribution in [0.25, 0.3) is 0 Å². The van der Waals surface area contributed by atoms with Gasteiger partial charge in [0, 0.05) is 0 Å². The van der Waals surface area contributed by atoms with Crippen molar-refractivity contribution in [3.05, 3.63) is 12.3 Å². The molecule has 1 N–H and O–H groups in total. The molecule has 0 rings (SSSR count). The van der Waals surface area contributed by atoms with Gasteiger partial charge in [-0.05, 0) is 0 Å². The molecule has 0 atom stereocenters. The number of aliphatic hydroxyl groups excluding tert-OH is 1. The second-order valence-corrected chi connectivity index (χ2v) is 0.445. The number of allylic oxidation sites excluding steroid dienone is 1. The number of nitrogens with zero attached hydrogens (tertiary/aromatic N) is 1. The third-order valence-corrected chi connectivity index (χ3v) is 0.149. The molecule has 0 heterocycles. The second-order valence-electron chi connectivity index (χ2n) is 0.445. The number of nitriles is 1. The Hall–Kier alpha value is 0.0300. The maximum Gasteiger partial charge on any atom is 1.00 e. The van der Waals surface area contributed by atoms with E-state index in [2.05, 4.69) is 0 Å². The number of hydrogen-bond acceptors (Lipinski definition) is 2. The first-order chi connectivity index (χ1) is 2.41. The van der Waals surface area contributed by atoms with Crippen LogP contribution in [0, 0.1) is 11.3 Å². The second kappa shape index (κ2) is 8.90. The molecule has 3 heteroatoms. The van der Waals surface area contributed by atoms with Crippen LogP contribution in [0.5, 0.6) is 0 Å². The molecule has 2 nitrogen and oxygen atoms in total. The minimum absolute atomic E-state index is 0. The van der Waals surface area contributed by atoms with Gasteiger partial charge in [0.2, 0.25) is 0 Å². The number of rotatable bonds is 0. The van der Waals surface area contributed by atoms with Gasteiger partial charge in [-0.25, -0.2) is 0 Å². The molecule has 0 aliphatic carbocycles.